The number of imide groups is 1. The van der Waals surface area contributed by atoms with Crippen LogP contribution in [0.1, 0.15) is 13.3 Å². The number of para-hydroxylation sites is 2. The number of fused-ring (bicyclic) bond motifs is 1. The van der Waals surface area contributed by atoms with Crippen molar-refractivity contribution in [1.29, 1.82) is 0 Å². The first-order valence-corrected chi connectivity index (χ1v) is 8.58. The molecule has 27 heavy (non-hydrogen) atoms. The minimum Gasteiger partial charge on any atom is -0.495 e. The standard InChI is InChI=1S/C18H21N5O4/c1-5-12(16(24)20-11-8-6-7-9-13(11)27-4)23-10-19-15-14(23)17(25)22(3)18(26)21(15)2/h6-10,12,14H,5H2,1-4H3/p+1. The maximum atomic E-state index is 12.9. The van der Waals surface area contributed by atoms with Gasteiger partial charge in [0, 0.05) is 14.1 Å². The van der Waals surface area contributed by atoms with E-state index in [1.54, 1.807) is 29.8 Å². The second kappa shape index (κ2) is 7.18. The maximum Gasteiger partial charge on any atom is 0.333 e. The number of nitrogens with zero attached hydrogens (tertiary/aromatic N) is 4. The number of anilines is 1. The van der Waals surface area contributed by atoms with Crippen LogP contribution in [0.2, 0.25) is 0 Å². The Balaban J connectivity index is 1.85. The highest BCUT2D eigenvalue weighted by Gasteiger charge is 2.52. The Hall–Kier alpha value is -3.23. The van der Waals surface area contributed by atoms with Crippen LogP contribution in [0, 0.1) is 0 Å². The number of methoxy groups -OCH3 is 1. The highest BCUT2D eigenvalue weighted by molar-refractivity contribution is 6.21. The van der Waals surface area contributed by atoms with Crippen LogP contribution in [0.5, 0.6) is 5.75 Å². The number of amidine groups is 1. The summed E-state index contributed by atoms with van der Waals surface area (Å²) in [5, 5.41) is 2.85. The van der Waals surface area contributed by atoms with Gasteiger partial charge in [0.25, 0.3) is 30.0 Å². The van der Waals surface area contributed by atoms with Crippen molar-refractivity contribution in [2.45, 2.75) is 25.4 Å². The Bertz CT molecular complexity index is 863. The molecule has 1 N–H and O–H groups in total. The molecule has 9 nitrogen and oxygen atoms in total. The van der Waals surface area contributed by atoms with Crippen molar-refractivity contribution in [2.24, 2.45) is 4.99 Å². The number of hydrogen-bond donors (Lipinski definition) is 1. The summed E-state index contributed by atoms with van der Waals surface area (Å²) < 4.78 is 6.86. The number of nitrogens with one attached hydrogen (secondary N) is 1. The minimum atomic E-state index is -0.800. The van der Waals surface area contributed by atoms with E-state index in [1.165, 1.54) is 25.4 Å². The van der Waals surface area contributed by atoms with Crippen LogP contribution < -0.4 is 10.1 Å². The van der Waals surface area contributed by atoms with E-state index in [9.17, 15) is 14.4 Å². The quantitative estimate of drug-likeness (QED) is 0.772. The average molecular weight is 372 g/mol. The smallest absolute Gasteiger partial charge is 0.333 e. The fourth-order valence-electron chi connectivity index (χ4n) is 3.26. The first-order valence-electron chi connectivity index (χ1n) is 8.58. The van der Waals surface area contributed by atoms with Gasteiger partial charge < -0.3 is 10.1 Å². The molecule has 1 saturated heterocycles. The highest BCUT2D eigenvalue weighted by atomic mass is 16.5. The number of rotatable bonds is 5. The summed E-state index contributed by atoms with van der Waals surface area (Å²) in [6.07, 6.45) is 1.91. The summed E-state index contributed by atoms with van der Waals surface area (Å²) in [5.74, 6) is 0.173. The molecule has 0 saturated carbocycles. The zero-order chi connectivity index (χ0) is 19.7. The lowest BCUT2D eigenvalue weighted by Crippen LogP contribution is -2.63. The van der Waals surface area contributed by atoms with Gasteiger partial charge in [-0.25, -0.2) is 9.37 Å². The van der Waals surface area contributed by atoms with Gasteiger partial charge in [0.2, 0.25) is 0 Å². The van der Waals surface area contributed by atoms with E-state index in [0.717, 1.165) is 4.90 Å². The van der Waals surface area contributed by atoms with Gasteiger partial charge in [-0.05, 0) is 23.5 Å². The molecule has 2 unspecified atom stereocenters. The van der Waals surface area contributed by atoms with E-state index in [4.69, 9.17) is 4.74 Å². The molecule has 0 radical (unpaired) electrons. The number of likely N-dealkylation sites (N-methyl/N-ethyl adjacent to an activating group) is 2. The van der Waals surface area contributed by atoms with Crippen molar-refractivity contribution in [2.75, 3.05) is 26.5 Å². The Kier molecular flexibility index (Phi) is 4.93. The van der Waals surface area contributed by atoms with Gasteiger partial charge in [-0.15, -0.1) is 0 Å². The van der Waals surface area contributed by atoms with E-state index in [2.05, 4.69) is 10.3 Å². The van der Waals surface area contributed by atoms with E-state index in [1.807, 2.05) is 13.0 Å². The van der Waals surface area contributed by atoms with Crippen LogP contribution in [0.25, 0.3) is 0 Å². The first kappa shape index (κ1) is 18.6. The lowest BCUT2D eigenvalue weighted by Gasteiger charge is -2.32. The fourth-order valence-corrected chi connectivity index (χ4v) is 3.26. The molecule has 2 heterocycles. The molecule has 2 atom stereocenters. The summed E-state index contributed by atoms with van der Waals surface area (Å²) in [7, 11) is 4.51. The van der Waals surface area contributed by atoms with Gasteiger partial charge in [0.05, 0.1) is 12.8 Å². The molecule has 2 aliphatic heterocycles. The monoisotopic (exact) mass is 372 g/mol. The normalized spacial score (nSPS) is 20.1. The lowest BCUT2D eigenvalue weighted by atomic mass is 10.1. The van der Waals surface area contributed by atoms with Crippen molar-refractivity contribution < 1.29 is 23.7 Å². The first-order chi connectivity index (χ1) is 12.9. The Morgan fingerprint density at radius 3 is 2.67 bits per heavy atom. The van der Waals surface area contributed by atoms with Crippen LogP contribution in [0.3, 0.4) is 0 Å². The van der Waals surface area contributed by atoms with Crippen LogP contribution in [-0.4, -0.2) is 77.7 Å². The van der Waals surface area contributed by atoms with Crippen molar-refractivity contribution in [3.05, 3.63) is 24.3 Å². The van der Waals surface area contributed by atoms with E-state index in [0.29, 0.717) is 23.7 Å². The van der Waals surface area contributed by atoms with E-state index in [-0.39, 0.29) is 5.91 Å². The number of carbonyl (C=O) groups excluding carboxylic acids is 3. The second-order valence-electron chi connectivity index (χ2n) is 6.30. The summed E-state index contributed by atoms with van der Waals surface area (Å²) in [6.45, 7) is 1.85. The number of aliphatic imine (C=N–C) groups is 1. The zero-order valence-electron chi connectivity index (χ0n) is 15.7. The maximum absolute atomic E-state index is 12.9. The topological polar surface area (TPSA) is 94.3 Å². The van der Waals surface area contributed by atoms with Crippen molar-refractivity contribution >= 4 is 35.7 Å². The van der Waals surface area contributed by atoms with Crippen LogP contribution in [0.15, 0.2) is 29.3 Å². The molecule has 4 amide bonds. The largest absolute Gasteiger partial charge is 0.495 e. The molecule has 1 aromatic carbocycles. The second-order valence-corrected chi connectivity index (χ2v) is 6.30. The highest BCUT2D eigenvalue weighted by Crippen LogP contribution is 2.25. The summed E-state index contributed by atoms with van der Waals surface area (Å²) in [6, 6.07) is 5.21. The fraction of sp³-hybridized carbons (Fsp3) is 0.389. The van der Waals surface area contributed by atoms with Gasteiger partial charge in [0.1, 0.15) is 5.75 Å². The SMILES string of the molecule is CCC(C(=O)Nc1ccccc1OC)[N+]1=CN=C2C1C(=O)N(C)C(=O)N2C. The molecule has 9 heteroatoms. The molecule has 142 valence electrons. The van der Waals surface area contributed by atoms with Crippen LogP contribution in [0.4, 0.5) is 10.5 Å². The third kappa shape index (κ3) is 3.05. The Labute approximate surface area is 156 Å². The number of benzene rings is 1. The predicted molar refractivity (Wildman–Crippen MR) is 99.2 cm³/mol. The molecule has 3 rings (SSSR count). The molecule has 1 fully saturated rings. The Morgan fingerprint density at radius 1 is 1.30 bits per heavy atom. The molecule has 0 bridgehead atoms. The number of amides is 4. The summed E-state index contributed by atoms with van der Waals surface area (Å²) in [5.41, 5.74) is 0.545. The molecule has 1 aromatic rings. The molecule has 0 aromatic heterocycles. The van der Waals surface area contributed by atoms with Crippen molar-refractivity contribution in [3.8, 4) is 5.75 Å². The number of carbonyl (C=O) groups is 3. The molecular weight excluding hydrogens is 350 g/mol. The lowest BCUT2D eigenvalue weighted by molar-refractivity contribution is -0.555. The van der Waals surface area contributed by atoms with Gasteiger partial charge >= 0.3 is 6.03 Å². The number of hydrogen-bond acceptors (Lipinski definition) is 5. The molecule has 0 aliphatic carbocycles. The molecular formula is C18H22N5O4+. The van der Waals surface area contributed by atoms with Crippen molar-refractivity contribution in [1.82, 2.24) is 9.80 Å². The number of ether oxygens (including phenoxy) is 1. The van der Waals surface area contributed by atoms with Gasteiger partial charge in [-0.2, -0.15) is 0 Å². The van der Waals surface area contributed by atoms with Gasteiger partial charge in [-0.1, -0.05) is 19.1 Å². The predicted octanol–water partition coefficient (Wildman–Crippen LogP) is 0.758. The number of urea groups is 1. The Morgan fingerprint density at radius 2 is 2.00 bits per heavy atom. The van der Waals surface area contributed by atoms with Crippen molar-refractivity contribution in [3.63, 3.8) is 0 Å². The zero-order valence-corrected chi connectivity index (χ0v) is 15.7. The van der Waals surface area contributed by atoms with Crippen LogP contribution >= 0.6 is 0 Å². The summed E-state index contributed by atoms with van der Waals surface area (Å²) >= 11 is 0. The van der Waals surface area contributed by atoms with E-state index < -0.39 is 24.0 Å². The van der Waals surface area contributed by atoms with E-state index >= 15 is 0 Å². The molecule has 2 aliphatic rings. The molecule has 0 spiro atoms. The summed E-state index contributed by atoms with van der Waals surface area (Å²) in [4.78, 5) is 44.3. The third-order valence-corrected chi connectivity index (χ3v) is 4.76. The third-order valence-electron chi connectivity index (χ3n) is 4.76. The van der Waals surface area contributed by atoms with Crippen LogP contribution in [-0.2, 0) is 9.59 Å². The van der Waals surface area contributed by atoms with Gasteiger partial charge in [-0.3, -0.25) is 19.4 Å². The van der Waals surface area contributed by atoms with Gasteiger partial charge in [0.15, 0.2) is 6.04 Å². The minimum absolute atomic E-state index is 0.287. The average Bonchev–Trinajstić information content (AvgIpc) is 3.10.